The van der Waals surface area contributed by atoms with Crippen LogP contribution in [0, 0.1) is 0 Å². The first-order valence-corrected chi connectivity index (χ1v) is 2.54. The molecule has 0 saturated carbocycles. The first-order valence-electron chi connectivity index (χ1n) is 2.54. The van der Waals surface area contributed by atoms with Crippen LogP contribution in [-0.2, 0) is 4.79 Å². The molecule has 0 aliphatic heterocycles. The molecule has 0 unspecified atom stereocenters. The second-order valence-corrected chi connectivity index (χ2v) is 1.93. The summed E-state index contributed by atoms with van der Waals surface area (Å²) in [5.41, 5.74) is 2.80. The van der Waals surface area contributed by atoms with Gasteiger partial charge < -0.3 is 0 Å². The average molecular weight is 115 g/mol. The summed E-state index contributed by atoms with van der Waals surface area (Å²) in [6.07, 6.45) is 1.67. The van der Waals surface area contributed by atoms with E-state index in [1.807, 2.05) is 13.8 Å². The normalized spacial score (nSPS) is 9.50. The fourth-order valence-electron chi connectivity index (χ4n) is 0.414. The maximum atomic E-state index is 9.78. The van der Waals surface area contributed by atoms with Gasteiger partial charge in [-0.1, -0.05) is 0 Å². The third-order valence-corrected chi connectivity index (χ3v) is 0.589. The van der Waals surface area contributed by atoms with Crippen molar-refractivity contribution in [2.45, 2.75) is 19.9 Å². The van der Waals surface area contributed by atoms with Crippen LogP contribution in [0.1, 0.15) is 13.8 Å². The van der Waals surface area contributed by atoms with Crippen molar-refractivity contribution in [1.29, 1.82) is 0 Å². The van der Waals surface area contributed by atoms with Gasteiger partial charge in [-0.25, -0.2) is 5.43 Å². The van der Waals surface area contributed by atoms with Gasteiger partial charge in [-0.15, -0.1) is 0 Å². The molecule has 8 heavy (non-hydrogen) atoms. The van der Waals surface area contributed by atoms with Crippen LogP contribution in [0.15, 0.2) is 0 Å². The van der Waals surface area contributed by atoms with Crippen LogP contribution < -0.4 is 5.43 Å². The van der Waals surface area contributed by atoms with Crippen molar-refractivity contribution < 1.29 is 4.79 Å². The van der Waals surface area contributed by atoms with E-state index in [2.05, 4.69) is 5.43 Å². The molecule has 0 aliphatic rings. The fraction of sp³-hybridized carbons (Fsp3) is 0.800. The van der Waals surface area contributed by atoms with Crippen LogP contribution in [0.4, 0.5) is 0 Å². The van der Waals surface area contributed by atoms with E-state index in [1.165, 1.54) is 5.01 Å². The zero-order valence-corrected chi connectivity index (χ0v) is 5.43. The highest BCUT2D eigenvalue weighted by molar-refractivity contribution is 5.46. The molecule has 0 bridgehead atoms. The number of carbonyl (C=O) groups excluding carboxylic acids is 1. The Morgan fingerprint density at radius 3 is 2.25 bits per heavy atom. The molecule has 0 aromatic heterocycles. The van der Waals surface area contributed by atoms with Crippen LogP contribution in [0.25, 0.3) is 0 Å². The van der Waals surface area contributed by atoms with E-state index in [9.17, 15) is 4.79 Å². The van der Waals surface area contributed by atoms with Crippen molar-refractivity contribution in [3.05, 3.63) is 0 Å². The standard InChI is InChI=1S/C5H11N2O/c1-5(2)6-7(3)4-8/h5-6H,1-3H3. The van der Waals surface area contributed by atoms with Crippen molar-refractivity contribution in [1.82, 2.24) is 10.4 Å². The SMILES string of the molecule is CC(C)NN(C)[C]=O. The van der Waals surface area contributed by atoms with Crippen LogP contribution in [0.5, 0.6) is 0 Å². The number of nitrogens with one attached hydrogen (secondary N) is 1. The number of amides is 1. The van der Waals surface area contributed by atoms with Crippen LogP contribution in [0.2, 0.25) is 0 Å². The van der Waals surface area contributed by atoms with Crippen LogP contribution >= 0.6 is 0 Å². The van der Waals surface area contributed by atoms with Gasteiger partial charge in [-0.2, -0.15) is 0 Å². The monoisotopic (exact) mass is 115 g/mol. The Morgan fingerprint density at radius 2 is 2.12 bits per heavy atom. The minimum absolute atomic E-state index is 0.293. The second kappa shape index (κ2) is 3.43. The Labute approximate surface area is 49.6 Å². The summed E-state index contributed by atoms with van der Waals surface area (Å²) in [5.74, 6) is 0. The quantitative estimate of drug-likeness (QED) is 0.411. The Bertz CT molecular complexity index is 72.8. The maximum Gasteiger partial charge on any atom is 0.327 e. The highest BCUT2D eigenvalue weighted by Gasteiger charge is 1.94. The molecule has 3 heteroatoms. The van der Waals surface area contributed by atoms with E-state index >= 15 is 0 Å². The molecule has 0 saturated heterocycles. The van der Waals surface area contributed by atoms with Crippen molar-refractivity contribution in [3.8, 4) is 0 Å². The molecular formula is C5H11N2O. The van der Waals surface area contributed by atoms with Gasteiger partial charge in [0, 0.05) is 13.1 Å². The Morgan fingerprint density at radius 1 is 1.62 bits per heavy atom. The molecule has 0 aliphatic carbocycles. The van der Waals surface area contributed by atoms with Gasteiger partial charge in [0.05, 0.1) is 0 Å². The molecule has 1 amide bonds. The Hall–Kier alpha value is -0.570. The minimum Gasteiger partial charge on any atom is -0.273 e. The number of rotatable bonds is 3. The second-order valence-electron chi connectivity index (χ2n) is 1.93. The highest BCUT2D eigenvalue weighted by Crippen LogP contribution is 1.75. The van der Waals surface area contributed by atoms with E-state index in [-0.39, 0.29) is 0 Å². The maximum absolute atomic E-state index is 9.78. The number of hydrogen-bond donors (Lipinski definition) is 1. The predicted molar refractivity (Wildman–Crippen MR) is 31.7 cm³/mol. The number of hydrazine groups is 1. The van der Waals surface area contributed by atoms with Crippen molar-refractivity contribution in [3.63, 3.8) is 0 Å². The lowest BCUT2D eigenvalue weighted by Crippen LogP contribution is -2.37. The topological polar surface area (TPSA) is 32.3 Å². The highest BCUT2D eigenvalue weighted by atomic mass is 16.1. The lowest BCUT2D eigenvalue weighted by molar-refractivity contribution is 0.307. The van der Waals surface area contributed by atoms with E-state index in [0.29, 0.717) is 6.04 Å². The number of nitrogens with zero attached hydrogens (tertiary/aromatic N) is 1. The molecule has 0 atom stereocenters. The van der Waals surface area contributed by atoms with E-state index in [4.69, 9.17) is 0 Å². The molecule has 1 radical (unpaired) electrons. The summed E-state index contributed by atoms with van der Waals surface area (Å²) in [5, 5.41) is 1.27. The minimum atomic E-state index is 0.293. The first kappa shape index (κ1) is 7.43. The van der Waals surface area contributed by atoms with E-state index in [1.54, 1.807) is 13.5 Å². The summed E-state index contributed by atoms with van der Waals surface area (Å²) in [4.78, 5) is 9.78. The van der Waals surface area contributed by atoms with E-state index in [0.717, 1.165) is 0 Å². The molecule has 0 aromatic rings. The van der Waals surface area contributed by atoms with Crippen LogP contribution in [0.3, 0.4) is 0 Å². The van der Waals surface area contributed by atoms with Gasteiger partial charge in [-0.3, -0.25) is 9.80 Å². The molecule has 0 rings (SSSR count). The average Bonchev–Trinajstić information content (AvgIpc) is 1.65. The zero-order valence-electron chi connectivity index (χ0n) is 5.43. The van der Waals surface area contributed by atoms with Gasteiger partial charge in [-0.05, 0) is 13.8 Å². The number of hydrogen-bond acceptors (Lipinski definition) is 2. The largest absolute Gasteiger partial charge is 0.327 e. The van der Waals surface area contributed by atoms with Gasteiger partial charge in [0.25, 0.3) is 0 Å². The smallest absolute Gasteiger partial charge is 0.273 e. The molecule has 0 spiro atoms. The summed E-state index contributed by atoms with van der Waals surface area (Å²) < 4.78 is 0. The summed E-state index contributed by atoms with van der Waals surface area (Å²) >= 11 is 0. The summed E-state index contributed by atoms with van der Waals surface area (Å²) in [6.45, 7) is 3.90. The molecule has 0 fully saturated rings. The van der Waals surface area contributed by atoms with Crippen LogP contribution in [-0.4, -0.2) is 24.5 Å². The Kier molecular flexibility index (Phi) is 3.19. The first-order chi connectivity index (χ1) is 3.66. The Balaban J connectivity index is 3.23. The lowest BCUT2D eigenvalue weighted by Gasteiger charge is -2.13. The van der Waals surface area contributed by atoms with Crippen molar-refractivity contribution >= 4 is 6.41 Å². The third-order valence-electron chi connectivity index (χ3n) is 0.589. The molecule has 1 N–H and O–H groups in total. The molecule has 0 aromatic carbocycles. The lowest BCUT2D eigenvalue weighted by atomic mass is 10.4. The third kappa shape index (κ3) is 3.61. The molecular weight excluding hydrogens is 104 g/mol. The van der Waals surface area contributed by atoms with Gasteiger partial charge in [0.1, 0.15) is 0 Å². The van der Waals surface area contributed by atoms with Crippen molar-refractivity contribution in [2.24, 2.45) is 0 Å². The molecule has 0 heterocycles. The van der Waals surface area contributed by atoms with Crippen molar-refractivity contribution in [2.75, 3.05) is 7.05 Å². The van der Waals surface area contributed by atoms with E-state index < -0.39 is 0 Å². The fourth-order valence-corrected chi connectivity index (χ4v) is 0.414. The summed E-state index contributed by atoms with van der Waals surface area (Å²) in [7, 11) is 1.62. The predicted octanol–water partition coefficient (Wildman–Crippen LogP) is -0.102. The molecule has 47 valence electrons. The zero-order chi connectivity index (χ0) is 6.57. The van der Waals surface area contributed by atoms with Gasteiger partial charge in [0.15, 0.2) is 0 Å². The molecule has 3 nitrogen and oxygen atoms in total. The van der Waals surface area contributed by atoms with Gasteiger partial charge >= 0.3 is 6.41 Å². The van der Waals surface area contributed by atoms with Gasteiger partial charge in [0.2, 0.25) is 0 Å². The summed E-state index contributed by atoms with van der Waals surface area (Å²) in [6, 6.07) is 0.293.